The number of hydrogen-bond donors (Lipinski definition) is 3. The van der Waals surface area contributed by atoms with Gasteiger partial charge in [-0.05, 0) is 25.1 Å². The number of nitro groups is 1. The molecule has 1 heterocycles. The van der Waals surface area contributed by atoms with E-state index in [1.54, 1.807) is 25.1 Å². The van der Waals surface area contributed by atoms with E-state index >= 15 is 0 Å². The fourth-order valence-electron chi connectivity index (χ4n) is 1.72. The topological polar surface area (TPSA) is 114 Å². The summed E-state index contributed by atoms with van der Waals surface area (Å²) in [4.78, 5) is 14.6. The lowest BCUT2D eigenvalue weighted by Gasteiger charge is -2.15. The van der Waals surface area contributed by atoms with Crippen LogP contribution >= 0.6 is 0 Å². The van der Waals surface area contributed by atoms with E-state index in [1.807, 2.05) is 0 Å². The number of fused-ring (bicyclic) bond motifs is 1. The summed E-state index contributed by atoms with van der Waals surface area (Å²) >= 11 is 0. The Balaban J connectivity index is 2.17. The molecule has 1 aromatic carbocycles. The van der Waals surface area contributed by atoms with Crippen LogP contribution in [0.4, 0.5) is 11.5 Å². The summed E-state index contributed by atoms with van der Waals surface area (Å²) in [6.07, 6.45) is -0.606. The van der Waals surface area contributed by atoms with Crippen LogP contribution in [0.5, 0.6) is 0 Å². The van der Waals surface area contributed by atoms with Crippen molar-refractivity contribution in [2.75, 3.05) is 11.9 Å². The summed E-state index contributed by atoms with van der Waals surface area (Å²) in [5.41, 5.74) is 6.41. The largest absolute Gasteiger partial charge is 0.392 e. The van der Waals surface area contributed by atoms with Crippen molar-refractivity contribution in [1.29, 1.82) is 0 Å². The summed E-state index contributed by atoms with van der Waals surface area (Å²) in [6, 6.07) is 7.60. The lowest BCUT2D eigenvalue weighted by molar-refractivity contribution is -0.384. The molecule has 0 aliphatic heterocycles. The van der Waals surface area contributed by atoms with Crippen LogP contribution in [0.2, 0.25) is 0 Å². The Bertz CT molecular complexity index is 630. The van der Waals surface area contributed by atoms with Crippen molar-refractivity contribution in [3.8, 4) is 0 Å². The highest BCUT2D eigenvalue weighted by atomic mass is 16.6. The molecule has 2 rings (SSSR count). The van der Waals surface area contributed by atoms with Gasteiger partial charge in [0.2, 0.25) is 0 Å². The first kappa shape index (κ1) is 14.2. The number of anilines is 1. The predicted octanol–water partition coefficient (Wildman–Crippen LogP) is 1.26. The van der Waals surface area contributed by atoms with Crippen molar-refractivity contribution in [2.45, 2.75) is 19.1 Å². The minimum absolute atomic E-state index is 0.0381. The fourth-order valence-corrected chi connectivity index (χ4v) is 1.72. The third-order valence-corrected chi connectivity index (χ3v) is 3.02. The van der Waals surface area contributed by atoms with E-state index in [9.17, 15) is 15.2 Å². The third kappa shape index (κ3) is 3.19. The van der Waals surface area contributed by atoms with Crippen LogP contribution < -0.4 is 11.1 Å². The standard InChI is InChI=1S/C13H16N4O3/c1-8(18)11(14)7-15-13-5-2-9-6-10(17(19)20)3-4-12(9)16-13/h2-6,8,11,18H,7,14H2,1H3,(H,15,16). The van der Waals surface area contributed by atoms with Crippen LogP contribution in [0.25, 0.3) is 10.9 Å². The highest BCUT2D eigenvalue weighted by molar-refractivity contribution is 5.82. The summed E-state index contributed by atoms with van der Waals surface area (Å²) < 4.78 is 0. The average molecular weight is 276 g/mol. The molecule has 0 aliphatic carbocycles. The van der Waals surface area contributed by atoms with Gasteiger partial charge in [0.05, 0.1) is 16.5 Å². The molecule has 0 bridgehead atoms. The van der Waals surface area contributed by atoms with Gasteiger partial charge in [0.25, 0.3) is 5.69 Å². The van der Waals surface area contributed by atoms with Crippen LogP contribution in [-0.2, 0) is 0 Å². The Labute approximate surface area is 115 Å². The van der Waals surface area contributed by atoms with Gasteiger partial charge in [-0.3, -0.25) is 10.1 Å². The van der Waals surface area contributed by atoms with Crippen molar-refractivity contribution in [1.82, 2.24) is 4.98 Å². The second-order valence-corrected chi connectivity index (χ2v) is 4.62. The van der Waals surface area contributed by atoms with Crippen LogP contribution in [-0.4, -0.2) is 33.7 Å². The molecule has 7 heteroatoms. The van der Waals surface area contributed by atoms with Gasteiger partial charge < -0.3 is 16.2 Å². The van der Waals surface area contributed by atoms with Gasteiger partial charge >= 0.3 is 0 Å². The SMILES string of the molecule is CC(O)C(N)CNc1ccc2cc([N+](=O)[O-])ccc2n1. The zero-order chi connectivity index (χ0) is 14.7. The van der Waals surface area contributed by atoms with Gasteiger partial charge in [-0.1, -0.05) is 0 Å². The molecular weight excluding hydrogens is 260 g/mol. The molecule has 0 saturated carbocycles. The number of nitrogens with zero attached hydrogens (tertiary/aromatic N) is 2. The molecule has 0 amide bonds. The second-order valence-electron chi connectivity index (χ2n) is 4.62. The number of aromatic nitrogens is 1. The van der Waals surface area contributed by atoms with E-state index in [0.29, 0.717) is 23.3 Å². The minimum atomic E-state index is -0.606. The monoisotopic (exact) mass is 276 g/mol. The first-order valence-electron chi connectivity index (χ1n) is 6.20. The maximum Gasteiger partial charge on any atom is 0.270 e. The van der Waals surface area contributed by atoms with E-state index < -0.39 is 11.0 Å². The van der Waals surface area contributed by atoms with Crippen molar-refractivity contribution >= 4 is 22.4 Å². The first-order valence-corrected chi connectivity index (χ1v) is 6.20. The van der Waals surface area contributed by atoms with Gasteiger partial charge in [0, 0.05) is 30.1 Å². The minimum Gasteiger partial charge on any atom is -0.392 e. The van der Waals surface area contributed by atoms with E-state index in [0.717, 1.165) is 0 Å². The van der Waals surface area contributed by atoms with Crippen LogP contribution in [0, 0.1) is 10.1 Å². The molecular formula is C13H16N4O3. The van der Waals surface area contributed by atoms with E-state index in [-0.39, 0.29) is 11.7 Å². The number of aliphatic hydroxyl groups excluding tert-OH is 1. The van der Waals surface area contributed by atoms with Crippen molar-refractivity contribution < 1.29 is 10.0 Å². The molecule has 0 radical (unpaired) electrons. The van der Waals surface area contributed by atoms with Gasteiger partial charge in [-0.15, -0.1) is 0 Å². The number of aliphatic hydroxyl groups is 1. The van der Waals surface area contributed by atoms with E-state index in [4.69, 9.17) is 5.73 Å². The number of pyridine rings is 1. The maximum atomic E-state index is 10.7. The number of nitrogens with two attached hydrogens (primary N) is 1. The molecule has 106 valence electrons. The summed E-state index contributed by atoms with van der Waals surface area (Å²) in [5, 5.41) is 23.7. The van der Waals surface area contributed by atoms with Crippen molar-refractivity contribution in [3.63, 3.8) is 0 Å². The van der Waals surface area contributed by atoms with Crippen LogP contribution in [0.15, 0.2) is 30.3 Å². The van der Waals surface area contributed by atoms with Gasteiger partial charge in [-0.2, -0.15) is 0 Å². The van der Waals surface area contributed by atoms with E-state index in [2.05, 4.69) is 10.3 Å². The Morgan fingerprint density at radius 3 is 2.85 bits per heavy atom. The number of nitrogens with one attached hydrogen (secondary N) is 1. The van der Waals surface area contributed by atoms with Crippen molar-refractivity contribution in [2.24, 2.45) is 5.73 Å². The number of non-ortho nitro benzene ring substituents is 1. The highest BCUT2D eigenvalue weighted by Gasteiger charge is 2.10. The summed E-state index contributed by atoms with van der Waals surface area (Å²) in [7, 11) is 0. The van der Waals surface area contributed by atoms with Gasteiger partial charge in [0.15, 0.2) is 0 Å². The highest BCUT2D eigenvalue weighted by Crippen LogP contribution is 2.21. The lowest BCUT2D eigenvalue weighted by Crippen LogP contribution is -2.38. The molecule has 2 unspecified atom stereocenters. The van der Waals surface area contributed by atoms with Gasteiger partial charge in [-0.25, -0.2) is 4.98 Å². The fraction of sp³-hybridized carbons (Fsp3) is 0.308. The number of benzene rings is 1. The van der Waals surface area contributed by atoms with Crippen LogP contribution in [0.1, 0.15) is 6.92 Å². The van der Waals surface area contributed by atoms with Crippen molar-refractivity contribution in [3.05, 3.63) is 40.4 Å². The molecule has 0 spiro atoms. The Morgan fingerprint density at radius 2 is 2.20 bits per heavy atom. The molecule has 7 nitrogen and oxygen atoms in total. The van der Waals surface area contributed by atoms with E-state index in [1.165, 1.54) is 12.1 Å². The Hall–Kier alpha value is -2.25. The number of hydrogen-bond acceptors (Lipinski definition) is 6. The second kappa shape index (κ2) is 5.81. The lowest BCUT2D eigenvalue weighted by atomic mass is 10.2. The van der Waals surface area contributed by atoms with Gasteiger partial charge in [0.1, 0.15) is 5.82 Å². The third-order valence-electron chi connectivity index (χ3n) is 3.02. The Morgan fingerprint density at radius 1 is 1.45 bits per heavy atom. The molecule has 4 N–H and O–H groups in total. The molecule has 1 aromatic heterocycles. The molecule has 2 atom stereocenters. The molecule has 0 aliphatic rings. The summed E-state index contributed by atoms with van der Waals surface area (Å²) in [5.74, 6) is 0.613. The number of nitro benzene ring substituents is 1. The quantitative estimate of drug-likeness (QED) is 0.559. The summed E-state index contributed by atoms with van der Waals surface area (Å²) in [6.45, 7) is 2.02. The smallest absolute Gasteiger partial charge is 0.270 e. The molecule has 2 aromatic rings. The number of rotatable bonds is 5. The zero-order valence-corrected chi connectivity index (χ0v) is 11.0. The molecule has 0 saturated heterocycles. The predicted molar refractivity (Wildman–Crippen MR) is 76.5 cm³/mol. The normalized spacial score (nSPS) is 13.9. The van der Waals surface area contributed by atoms with Crippen LogP contribution in [0.3, 0.4) is 0 Å². The maximum absolute atomic E-state index is 10.7. The average Bonchev–Trinajstić information content (AvgIpc) is 2.43. The molecule has 20 heavy (non-hydrogen) atoms. The first-order chi connectivity index (χ1) is 9.47. The Kier molecular flexibility index (Phi) is 4.11. The molecule has 0 fully saturated rings. The zero-order valence-electron chi connectivity index (χ0n) is 11.0.